The second-order valence-electron chi connectivity index (χ2n) is 5.12. The van der Waals surface area contributed by atoms with Crippen LogP contribution in [-0.4, -0.2) is 41.9 Å². The van der Waals surface area contributed by atoms with Crippen molar-refractivity contribution in [3.8, 4) is 5.75 Å². The molecule has 0 unspecified atom stereocenters. The number of aromatic nitrogens is 1. The van der Waals surface area contributed by atoms with Crippen molar-refractivity contribution in [1.29, 1.82) is 5.41 Å². The standard InChI is InChI=1S/C15H21N5O2/c1-9-6-10(22-5-3-4-16)7-12-11(9)8-13(19-12)14(21)20(2)15(17)18/h6-8,19H,3-5,16H2,1-2H3,(H3,17,18). The fourth-order valence-electron chi connectivity index (χ4n) is 2.15. The lowest BCUT2D eigenvalue weighted by atomic mass is 10.1. The summed E-state index contributed by atoms with van der Waals surface area (Å²) in [7, 11) is 1.46. The number of carbonyl (C=O) groups excluding carboxylic acids is 1. The number of amides is 1. The number of ether oxygens (including phenoxy) is 1. The minimum absolute atomic E-state index is 0.300. The Morgan fingerprint density at radius 2 is 2.14 bits per heavy atom. The Hall–Kier alpha value is -2.54. The molecule has 2 aromatic rings. The molecule has 0 saturated carbocycles. The molecule has 0 atom stereocenters. The van der Waals surface area contributed by atoms with Gasteiger partial charge in [-0.05, 0) is 37.6 Å². The van der Waals surface area contributed by atoms with Crippen LogP contribution in [0.4, 0.5) is 0 Å². The quantitative estimate of drug-likeness (QED) is 0.376. The molecule has 6 N–H and O–H groups in total. The van der Waals surface area contributed by atoms with Crippen molar-refractivity contribution in [1.82, 2.24) is 9.88 Å². The van der Waals surface area contributed by atoms with E-state index in [2.05, 4.69) is 4.98 Å². The molecule has 7 heteroatoms. The summed E-state index contributed by atoms with van der Waals surface area (Å²) in [5, 5.41) is 8.26. The Bertz CT molecular complexity index is 707. The zero-order chi connectivity index (χ0) is 16.3. The van der Waals surface area contributed by atoms with E-state index < -0.39 is 0 Å². The van der Waals surface area contributed by atoms with Gasteiger partial charge in [-0.3, -0.25) is 15.1 Å². The van der Waals surface area contributed by atoms with Gasteiger partial charge in [-0.15, -0.1) is 0 Å². The number of guanidine groups is 1. The predicted molar refractivity (Wildman–Crippen MR) is 86.2 cm³/mol. The molecule has 2 rings (SSSR count). The number of nitrogens with one attached hydrogen (secondary N) is 2. The molecule has 22 heavy (non-hydrogen) atoms. The van der Waals surface area contributed by atoms with Gasteiger partial charge in [0.25, 0.3) is 5.91 Å². The molecule has 1 aromatic carbocycles. The van der Waals surface area contributed by atoms with E-state index in [-0.39, 0.29) is 11.9 Å². The van der Waals surface area contributed by atoms with Crippen molar-refractivity contribution in [2.75, 3.05) is 20.2 Å². The van der Waals surface area contributed by atoms with E-state index in [1.165, 1.54) is 7.05 Å². The third-order valence-corrected chi connectivity index (χ3v) is 3.43. The number of rotatable bonds is 5. The first-order chi connectivity index (χ1) is 10.4. The smallest absolute Gasteiger partial charge is 0.276 e. The van der Waals surface area contributed by atoms with Crippen LogP contribution in [0.1, 0.15) is 22.5 Å². The number of hydrogen-bond donors (Lipinski definition) is 4. The number of aromatic amines is 1. The Balaban J connectivity index is 2.31. The summed E-state index contributed by atoms with van der Waals surface area (Å²) in [6.45, 7) is 3.09. The number of nitrogens with two attached hydrogens (primary N) is 2. The minimum atomic E-state index is -0.353. The van der Waals surface area contributed by atoms with Gasteiger partial charge in [0.05, 0.1) is 6.61 Å². The van der Waals surface area contributed by atoms with E-state index in [9.17, 15) is 4.79 Å². The van der Waals surface area contributed by atoms with Gasteiger partial charge in [0.15, 0.2) is 5.96 Å². The Morgan fingerprint density at radius 1 is 1.41 bits per heavy atom. The minimum Gasteiger partial charge on any atom is -0.493 e. The molecule has 0 aliphatic carbocycles. The monoisotopic (exact) mass is 303 g/mol. The fraction of sp³-hybridized carbons (Fsp3) is 0.333. The van der Waals surface area contributed by atoms with E-state index in [1.807, 2.05) is 19.1 Å². The number of fused-ring (bicyclic) bond motifs is 1. The maximum atomic E-state index is 12.2. The lowest BCUT2D eigenvalue weighted by Gasteiger charge is -2.12. The topological polar surface area (TPSA) is 121 Å². The third kappa shape index (κ3) is 3.20. The molecule has 1 heterocycles. The van der Waals surface area contributed by atoms with Crippen LogP contribution in [-0.2, 0) is 0 Å². The maximum Gasteiger partial charge on any atom is 0.276 e. The highest BCUT2D eigenvalue weighted by molar-refractivity contribution is 6.06. The van der Waals surface area contributed by atoms with Crippen molar-refractivity contribution in [2.45, 2.75) is 13.3 Å². The summed E-state index contributed by atoms with van der Waals surface area (Å²) < 4.78 is 5.64. The second kappa shape index (κ2) is 6.48. The lowest BCUT2D eigenvalue weighted by Crippen LogP contribution is -2.38. The number of hydrogen-bond acceptors (Lipinski definition) is 4. The van der Waals surface area contributed by atoms with Gasteiger partial charge in [0.2, 0.25) is 0 Å². The van der Waals surface area contributed by atoms with Crippen LogP contribution >= 0.6 is 0 Å². The molecule has 1 amide bonds. The zero-order valence-electron chi connectivity index (χ0n) is 12.8. The van der Waals surface area contributed by atoms with Crippen molar-refractivity contribution < 1.29 is 9.53 Å². The predicted octanol–water partition coefficient (Wildman–Crippen LogP) is 1.17. The van der Waals surface area contributed by atoms with Crippen molar-refractivity contribution in [2.24, 2.45) is 11.5 Å². The first-order valence-electron chi connectivity index (χ1n) is 7.02. The van der Waals surface area contributed by atoms with Crippen LogP contribution in [0.3, 0.4) is 0 Å². The van der Waals surface area contributed by atoms with E-state index in [4.69, 9.17) is 21.6 Å². The van der Waals surface area contributed by atoms with Crippen LogP contribution in [0, 0.1) is 12.3 Å². The molecule has 0 radical (unpaired) electrons. The largest absolute Gasteiger partial charge is 0.493 e. The molecule has 118 valence electrons. The van der Waals surface area contributed by atoms with E-state index in [1.54, 1.807) is 6.07 Å². The van der Waals surface area contributed by atoms with Gasteiger partial charge < -0.3 is 21.2 Å². The molecule has 0 aliphatic heterocycles. The van der Waals surface area contributed by atoms with Gasteiger partial charge in [-0.25, -0.2) is 0 Å². The first kappa shape index (κ1) is 15.8. The molecule has 0 bridgehead atoms. The summed E-state index contributed by atoms with van der Waals surface area (Å²) in [6.07, 6.45) is 0.787. The second-order valence-corrected chi connectivity index (χ2v) is 5.12. The Kier molecular flexibility index (Phi) is 4.67. The van der Waals surface area contributed by atoms with Crippen LogP contribution in [0.15, 0.2) is 18.2 Å². The highest BCUT2D eigenvalue weighted by Gasteiger charge is 2.17. The fourth-order valence-corrected chi connectivity index (χ4v) is 2.15. The number of benzene rings is 1. The Morgan fingerprint density at radius 3 is 2.77 bits per heavy atom. The summed E-state index contributed by atoms with van der Waals surface area (Å²) in [5.74, 6) is 0.0825. The lowest BCUT2D eigenvalue weighted by molar-refractivity contribution is 0.0864. The highest BCUT2D eigenvalue weighted by atomic mass is 16.5. The van der Waals surface area contributed by atoms with Gasteiger partial charge in [-0.1, -0.05) is 0 Å². The SMILES string of the molecule is Cc1cc(OCCCN)cc2[nH]c(C(=O)N(C)C(=N)N)cc12. The van der Waals surface area contributed by atoms with Gasteiger partial charge >= 0.3 is 0 Å². The molecule has 0 aliphatic rings. The summed E-state index contributed by atoms with van der Waals surface area (Å²) >= 11 is 0. The maximum absolute atomic E-state index is 12.2. The van der Waals surface area contributed by atoms with Crippen LogP contribution in [0.25, 0.3) is 10.9 Å². The van der Waals surface area contributed by atoms with E-state index in [0.29, 0.717) is 18.8 Å². The van der Waals surface area contributed by atoms with Gasteiger partial charge in [-0.2, -0.15) is 0 Å². The van der Waals surface area contributed by atoms with E-state index in [0.717, 1.165) is 33.5 Å². The van der Waals surface area contributed by atoms with Crippen LogP contribution < -0.4 is 16.2 Å². The van der Waals surface area contributed by atoms with Gasteiger partial charge in [0.1, 0.15) is 11.4 Å². The normalized spacial score (nSPS) is 10.7. The van der Waals surface area contributed by atoms with Crippen molar-refractivity contribution in [3.05, 3.63) is 29.5 Å². The van der Waals surface area contributed by atoms with Crippen molar-refractivity contribution in [3.63, 3.8) is 0 Å². The molecular formula is C15H21N5O2. The molecule has 7 nitrogen and oxygen atoms in total. The van der Waals surface area contributed by atoms with Gasteiger partial charge in [0, 0.05) is 24.0 Å². The molecule has 0 spiro atoms. The average Bonchev–Trinajstić information content (AvgIpc) is 2.90. The third-order valence-electron chi connectivity index (χ3n) is 3.43. The number of aryl methyl sites for hydroxylation is 1. The molecule has 0 saturated heterocycles. The summed E-state index contributed by atoms with van der Waals surface area (Å²) in [5.41, 5.74) is 13.0. The number of H-pyrrole nitrogens is 1. The van der Waals surface area contributed by atoms with Crippen LogP contribution in [0.5, 0.6) is 5.75 Å². The molecule has 1 aromatic heterocycles. The van der Waals surface area contributed by atoms with E-state index >= 15 is 0 Å². The van der Waals surface area contributed by atoms with Crippen LogP contribution in [0.2, 0.25) is 0 Å². The number of nitrogens with zero attached hydrogens (tertiary/aromatic N) is 1. The van der Waals surface area contributed by atoms with Crippen molar-refractivity contribution >= 4 is 22.8 Å². The molecular weight excluding hydrogens is 282 g/mol. The highest BCUT2D eigenvalue weighted by Crippen LogP contribution is 2.26. The molecule has 0 fully saturated rings. The number of carbonyl (C=O) groups is 1. The summed E-state index contributed by atoms with van der Waals surface area (Å²) in [4.78, 5) is 16.3. The zero-order valence-corrected chi connectivity index (χ0v) is 12.8. The Labute approximate surface area is 128 Å². The average molecular weight is 303 g/mol. The summed E-state index contributed by atoms with van der Waals surface area (Å²) in [6, 6.07) is 5.54. The first-order valence-corrected chi connectivity index (χ1v) is 7.02.